The van der Waals surface area contributed by atoms with Crippen LogP contribution < -0.4 is 10.1 Å². The topological polar surface area (TPSA) is 41.6 Å². The van der Waals surface area contributed by atoms with Crippen LogP contribution in [0.25, 0.3) is 0 Å². The first-order valence-electron chi connectivity index (χ1n) is 7.33. The molecule has 1 aliphatic heterocycles. The van der Waals surface area contributed by atoms with Crippen LogP contribution in [0.2, 0.25) is 0 Å². The van der Waals surface area contributed by atoms with E-state index >= 15 is 0 Å². The number of nitrogens with zero attached hydrogens (tertiary/aromatic N) is 1. The number of likely N-dealkylation sites (tertiary alicyclic amines) is 1. The van der Waals surface area contributed by atoms with Gasteiger partial charge >= 0.3 is 0 Å². The number of nitrogens with one attached hydrogen (secondary N) is 1. The number of ether oxygens (including phenoxy) is 1. The molecular formula is C16H24N2O2. The highest BCUT2D eigenvalue weighted by Crippen LogP contribution is 2.23. The number of rotatable bonds is 4. The molecule has 0 radical (unpaired) electrons. The second-order valence-electron chi connectivity index (χ2n) is 5.38. The summed E-state index contributed by atoms with van der Waals surface area (Å²) < 4.78 is 5.28. The maximum Gasteiger partial charge on any atom is 0.257 e. The van der Waals surface area contributed by atoms with Crippen LogP contribution in [0.3, 0.4) is 0 Å². The van der Waals surface area contributed by atoms with Gasteiger partial charge in [0, 0.05) is 19.1 Å². The van der Waals surface area contributed by atoms with Crippen molar-refractivity contribution in [2.45, 2.75) is 26.3 Å². The fraction of sp³-hybridized carbons (Fsp3) is 0.562. The largest absolute Gasteiger partial charge is 0.496 e. The maximum absolute atomic E-state index is 12.6. The molecule has 4 heteroatoms. The van der Waals surface area contributed by atoms with Gasteiger partial charge in [-0.2, -0.15) is 0 Å². The second kappa shape index (κ2) is 6.75. The molecule has 4 nitrogen and oxygen atoms in total. The Morgan fingerprint density at radius 3 is 2.85 bits per heavy atom. The molecule has 2 atom stereocenters. The maximum atomic E-state index is 12.6. The quantitative estimate of drug-likeness (QED) is 0.916. The minimum absolute atomic E-state index is 0.0734. The van der Waals surface area contributed by atoms with Crippen LogP contribution in [0.15, 0.2) is 24.3 Å². The molecule has 0 spiro atoms. The van der Waals surface area contributed by atoms with Crippen molar-refractivity contribution in [2.75, 3.05) is 26.7 Å². The summed E-state index contributed by atoms with van der Waals surface area (Å²) >= 11 is 0. The van der Waals surface area contributed by atoms with Crippen molar-refractivity contribution in [3.8, 4) is 5.75 Å². The minimum Gasteiger partial charge on any atom is -0.496 e. The number of piperidine rings is 1. The van der Waals surface area contributed by atoms with Gasteiger partial charge in [0.1, 0.15) is 5.75 Å². The number of methoxy groups -OCH3 is 1. The van der Waals surface area contributed by atoms with Crippen LogP contribution in [0.5, 0.6) is 5.75 Å². The summed E-state index contributed by atoms with van der Waals surface area (Å²) in [5, 5.41) is 3.49. The molecule has 0 bridgehead atoms. The van der Waals surface area contributed by atoms with Gasteiger partial charge in [0.25, 0.3) is 5.91 Å². The zero-order valence-corrected chi connectivity index (χ0v) is 12.6. The fourth-order valence-corrected chi connectivity index (χ4v) is 2.89. The van der Waals surface area contributed by atoms with Gasteiger partial charge in [0.05, 0.1) is 12.7 Å². The van der Waals surface area contributed by atoms with Gasteiger partial charge in [-0.1, -0.05) is 26.0 Å². The highest BCUT2D eigenvalue weighted by atomic mass is 16.5. The molecule has 0 saturated carbocycles. The molecular weight excluding hydrogens is 252 g/mol. The lowest BCUT2D eigenvalue weighted by Crippen LogP contribution is -2.50. The van der Waals surface area contributed by atoms with Gasteiger partial charge in [-0.15, -0.1) is 0 Å². The molecule has 1 aromatic carbocycles. The molecule has 1 aromatic rings. The first kappa shape index (κ1) is 14.9. The monoisotopic (exact) mass is 276 g/mol. The van der Waals surface area contributed by atoms with E-state index in [2.05, 4.69) is 19.2 Å². The summed E-state index contributed by atoms with van der Waals surface area (Å²) in [4.78, 5) is 14.6. The van der Waals surface area contributed by atoms with Gasteiger partial charge < -0.3 is 15.0 Å². The average Bonchev–Trinajstić information content (AvgIpc) is 2.48. The lowest BCUT2D eigenvalue weighted by molar-refractivity contribution is 0.0643. The van der Waals surface area contributed by atoms with Gasteiger partial charge in [0.15, 0.2) is 0 Å². The smallest absolute Gasteiger partial charge is 0.257 e. The van der Waals surface area contributed by atoms with E-state index in [4.69, 9.17) is 4.74 Å². The van der Waals surface area contributed by atoms with Crippen molar-refractivity contribution in [3.63, 3.8) is 0 Å². The summed E-state index contributed by atoms with van der Waals surface area (Å²) in [5.74, 6) is 1.20. The molecule has 1 N–H and O–H groups in total. The summed E-state index contributed by atoms with van der Waals surface area (Å²) in [6.45, 7) is 6.91. The third-order valence-electron chi connectivity index (χ3n) is 4.00. The Morgan fingerprint density at radius 2 is 2.20 bits per heavy atom. The molecule has 1 saturated heterocycles. The van der Waals surface area contributed by atoms with E-state index in [1.54, 1.807) is 7.11 Å². The third-order valence-corrected chi connectivity index (χ3v) is 4.00. The van der Waals surface area contributed by atoms with Crippen molar-refractivity contribution in [2.24, 2.45) is 5.92 Å². The zero-order chi connectivity index (χ0) is 14.5. The number of hydrogen-bond donors (Lipinski definition) is 1. The normalized spacial score (nSPS) is 22.6. The molecule has 2 unspecified atom stereocenters. The Morgan fingerprint density at radius 1 is 1.45 bits per heavy atom. The fourth-order valence-electron chi connectivity index (χ4n) is 2.89. The Labute approximate surface area is 121 Å². The van der Waals surface area contributed by atoms with E-state index in [0.717, 1.165) is 26.1 Å². The van der Waals surface area contributed by atoms with E-state index in [0.29, 0.717) is 23.3 Å². The number of carbonyl (C=O) groups is 1. The number of carbonyl (C=O) groups excluding carboxylic acids is 1. The van der Waals surface area contributed by atoms with Crippen molar-refractivity contribution in [3.05, 3.63) is 29.8 Å². The second-order valence-corrected chi connectivity index (χ2v) is 5.38. The van der Waals surface area contributed by atoms with E-state index in [1.807, 2.05) is 29.2 Å². The predicted molar refractivity (Wildman–Crippen MR) is 80.1 cm³/mol. The molecule has 20 heavy (non-hydrogen) atoms. The summed E-state index contributed by atoms with van der Waals surface area (Å²) in [5.41, 5.74) is 0.657. The minimum atomic E-state index is 0.0734. The van der Waals surface area contributed by atoms with Gasteiger partial charge in [-0.25, -0.2) is 0 Å². The summed E-state index contributed by atoms with van der Waals surface area (Å²) in [6.07, 6.45) is 1.01. The Kier molecular flexibility index (Phi) is 5.01. The predicted octanol–water partition coefficient (Wildman–Crippen LogP) is 2.16. The number of para-hydroxylation sites is 1. The highest BCUT2D eigenvalue weighted by Gasteiger charge is 2.29. The van der Waals surface area contributed by atoms with Crippen molar-refractivity contribution < 1.29 is 9.53 Å². The molecule has 2 rings (SSSR count). The van der Waals surface area contributed by atoms with Crippen molar-refractivity contribution in [1.82, 2.24) is 10.2 Å². The summed E-state index contributed by atoms with van der Waals surface area (Å²) in [6, 6.07) is 7.95. The van der Waals surface area contributed by atoms with Crippen LogP contribution >= 0.6 is 0 Å². The number of benzene rings is 1. The third kappa shape index (κ3) is 3.12. The molecule has 1 heterocycles. The summed E-state index contributed by atoms with van der Waals surface area (Å²) in [7, 11) is 1.60. The van der Waals surface area contributed by atoms with Crippen molar-refractivity contribution >= 4 is 5.91 Å². The molecule has 0 aromatic heterocycles. The Bertz CT molecular complexity index is 462. The first-order valence-corrected chi connectivity index (χ1v) is 7.33. The zero-order valence-electron chi connectivity index (χ0n) is 12.6. The SMILES string of the molecule is CCNC1CCN(C(=O)c2ccccc2OC)CC1C. The Balaban J connectivity index is 2.07. The van der Waals surface area contributed by atoms with E-state index in [9.17, 15) is 4.79 Å². The molecule has 1 amide bonds. The molecule has 110 valence electrons. The van der Waals surface area contributed by atoms with E-state index in [-0.39, 0.29) is 5.91 Å². The van der Waals surface area contributed by atoms with Gasteiger partial charge in [-0.3, -0.25) is 4.79 Å². The van der Waals surface area contributed by atoms with Crippen LogP contribution in [-0.4, -0.2) is 43.6 Å². The lowest BCUT2D eigenvalue weighted by atomic mass is 9.93. The van der Waals surface area contributed by atoms with Gasteiger partial charge in [0.2, 0.25) is 0 Å². The van der Waals surface area contributed by atoms with Crippen LogP contribution in [0, 0.1) is 5.92 Å². The standard InChI is InChI=1S/C16H24N2O2/c1-4-17-14-9-10-18(11-12(14)2)16(19)13-7-5-6-8-15(13)20-3/h5-8,12,14,17H,4,9-11H2,1-3H3. The lowest BCUT2D eigenvalue weighted by Gasteiger charge is -2.37. The van der Waals surface area contributed by atoms with Crippen LogP contribution in [0.4, 0.5) is 0 Å². The molecule has 1 fully saturated rings. The van der Waals surface area contributed by atoms with Crippen LogP contribution in [-0.2, 0) is 0 Å². The Hall–Kier alpha value is -1.55. The molecule has 1 aliphatic rings. The van der Waals surface area contributed by atoms with Gasteiger partial charge in [-0.05, 0) is 31.0 Å². The number of amides is 1. The first-order chi connectivity index (χ1) is 9.67. The van der Waals surface area contributed by atoms with E-state index in [1.165, 1.54) is 0 Å². The van der Waals surface area contributed by atoms with E-state index < -0.39 is 0 Å². The number of hydrogen-bond acceptors (Lipinski definition) is 3. The van der Waals surface area contributed by atoms with Crippen LogP contribution in [0.1, 0.15) is 30.6 Å². The van der Waals surface area contributed by atoms with Crippen molar-refractivity contribution in [1.29, 1.82) is 0 Å². The highest BCUT2D eigenvalue weighted by molar-refractivity contribution is 5.97. The average molecular weight is 276 g/mol. The molecule has 0 aliphatic carbocycles.